The Morgan fingerprint density at radius 1 is 1.61 bits per heavy atom. The lowest BCUT2D eigenvalue weighted by Gasteiger charge is -2.20. The predicted molar refractivity (Wildman–Crippen MR) is 68.6 cm³/mol. The molecule has 1 saturated heterocycles. The molecule has 6 heteroatoms. The van der Waals surface area contributed by atoms with Crippen LogP contribution < -0.4 is 16.4 Å². The minimum atomic E-state index is -0.469. The topological polar surface area (TPSA) is 89.3 Å². The number of rotatable bonds is 4. The SMILES string of the molecule is CO[C@H]1CNCC1Nc1nccc(C)c1C(N)=O. The second-order valence-electron chi connectivity index (χ2n) is 4.40. The quantitative estimate of drug-likeness (QED) is 0.693. The van der Waals surface area contributed by atoms with Gasteiger partial charge in [-0.1, -0.05) is 0 Å². The Bertz CT molecular complexity index is 450. The van der Waals surface area contributed by atoms with Crippen LogP contribution in [0.1, 0.15) is 15.9 Å². The molecule has 6 nitrogen and oxygen atoms in total. The van der Waals surface area contributed by atoms with Gasteiger partial charge in [-0.3, -0.25) is 4.79 Å². The fraction of sp³-hybridized carbons (Fsp3) is 0.500. The van der Waals surface area contributed by atoms with Crippen LogP contribution in [-0.4, -0.2) is 43.2 Å². The van der Waals surface area contributed by atoms with Gasteiger partial charge in [0, 0.05) is 26.4 Å². The lowest BCUT2D eigenvalue weighted by Crippen LogP contribution is -2.35. The van der Waals surface area contributed by atoms with E-state index in [0.29, 0.717) is 11.4 Å². The second-order valence-corrected chi connectivity index (χ2v) is 4.40. The van der Waals surface area contributed by atoms with Crippen molar-refractivity contribution in [3.05, 3.63) is 23.4 Å². The number of hydrogen-bond acceptors (Lipinski definition) is 5. The van der Waals surface area contributed by atoms with Crippen molar-refractivity contribution < 1.29 is 9.53 Å². The van der Waals surface area contributed by atoms with Crippen LogP contribution in [0.25, 0.3) is 0 Å². The second kappa shape index (κ2) is 5.32. The van der Waals surface area contributed by atoms with Gasteiger partial charge in [0.25, 0.3) is 5.91 Å². The van der Waals surface area contributed by atoms with E-state index >= 15 is 0 Å². The molecule has 0 radical (unpaired) electrons. The highest BCUT2D eigenvalue weighted by atomic mass is 16.5. The third-order valence-corrected chi connectivity index (χ3v) is 3.19. The van der Waals surface area contributed by atoms with E-state index < -0.39 is 5.91 Å². The minimum Gasteiger partial charge on any atom is -0.378 e. The number of aromatic nitrogens is 1. The van der Waals surface area contributed by atoms with Gasteiger partial charge in [0.1, 0.15) is 5.82 Å². The molecule has 0 saturated carbocycles. The molecule has 4 N–H and O–H groups in total. The van der Waals surface area contributed by atoms with Gasteiger partial charge in [-0.25, -0.2) is 4.98 Å². The number of carbonyl (C=O) groups is 1. The van der Waals surface area contributed by atoms with E-state index in [2.05, 4.69) is 15.6 Å². The summed E-state index contributed by atoms with van der Waals surface area (Å²) >= 11 is 0. The van der Waals surface area contributed by atoms with Crippen LogP contribution in [0.3, 0.4) is 0 Å². The molecule has 2 heterocycles. The molecule has 1 fully saturated rings. The molecule has 18 heavy (non-hydrogen) atoms. The first kappa shape index (κ1) is 12.8. The molecule has 1 amide bonds. The van der Waals surface area contributed by atoms with Crippen LogP contribution in [0.5, 0.6) is 0 Å². The average molecular weight is 250 g/mol. The van der Waals surface area contributed by atoms with Gasteiger partial charge in [-0.05, 0) is 18.6 Å². The number of carbonyl (C=O) groups excluding carboxylic acids is 1. The Balaban J connectivity index is 2.23. The number of nitrogens with two attached hydrogens (primary N) is 1. The molecular weight excluding hydrogens is 232 g/mol. The van der Waals surface area contributed by atoms with Crippen LogP contribution in [0.2, 0.25) is 0 Å². The van der Waals surface area contributed by atoms with Crippen molar-refractivity contribution in [1.82, 2.24) is 10.3 Å². The van der Waals surface area contributed by atoms with E-state index in [0.717, 1.165) is 18.7 Å². The van der Waals surface area contributed by atoms with Crippen LogP contribution in [-0.2, 0) is 4.74 Å². The lowest BCUT2D eigenvalue weighted by atomic mass is 10.1. The molecule has 0 bridgehead atoms. The molecule has 98 valence electrons. The summed E-state index contributed by atoms with van der Waals surface area (Å²) in [5, 5.41) is 6.46. The highest BCUT2D eigenvalue weighted by Crippen LogP contribution is 2.18. The standard InChI is InChI=1S/C12H18N4O2/c1-7-3-4-15-12(10(7)11(13)17)16-8-5-14-6-9(8)18-2/h3-4,8-9,14H,5-6H2,1-2H3,(H2,13,17)(H,15,16)/t8?,9-/m0/s1. The molecule has 2 atom stereocenters. The maximum absolute atomic E-state index is 11.5. The molecular formula is C12H18N4O2. The largest absolute Gasteiger partial charge is 0.378 e. The summed E-state index contributed by atoms with van der Waals surface area (Å²) in [4.78, 5) is 15.7. The number of hydrogen-bond donors (Lipinski definition) is 3. The smallest absolute Gasteiger partial charge is 0.252 e. The summed E-state index contributed by atoms with van der Waals surface area (Å²) < 4.78 is 5.36. The Morgan fingerprint density at radius 2 is 2.39 bits per heavy atom. The maximum atomic E-state index is 11.5. The molecule has 2 rings (SSSR count). The Kier molecular flexibility index (Phi) is 3.78. The number of ether oxygens (including phenoxy) is 1. The van der Waals surface area contributed by atoms with Gasteiger partial charge in [-0.15, -0.1) is 0 Å². The average Bonchev–Trinajstić information content (AvgIpc) is 2.76. The zero-order valence-corrected chi connectivity index (χ0v) is 10.6. The number of amides is 1. The fourth-order valence-corrected chi connectivity index (χ4v) is 2.20. The lowest BCUT2D eigenvalue weighted by molar-refractivity contribution is 0.0998. The zero-order valence-electron chi connectivity index (χ0n) is 10.6. The number of aryl methyl sites for hydroxylation is 1. The van der Waals surface area contributed by atoms with Gasteiger partial charge in [0.05, 0.1) is 17.7 Å². The van der Waals surface area contributed by atoms with E-state index in [9.17, 15) is 4.79 Å². The monoisotopic (exact) mass is 250 g/mol. The molecule has 1 unspecified atom stereocenters. The van der Waals surface area contributed by atoms with Crippen LogP contribution >= 0.6 is 0 Å². The van der Waals surface area contributed by atoms with E-state index in [1.54, 1.807) is 19.4 Å². The first-order valence-corrected chi connectivity index (χ1v) is 5.89. The van der Waals surface area contributed by atoms with Crippen LogP contribution in [0, 0.1) is 6.92 Å². The predicted octanol–water partition coefficient (Wildman–Crippen LogP) is -0.112. The van der Waals surface area contributed by atoms with Gasteiger partial charge >= 0.3 is 0 Å². The summed E-state index contributed by atoms with van der Waals surface area (Å²) in [6.07, 6.45) is 1.72. The first-order valence-electron chi connectivity index (χ1n) is 5.89. The highest BCUT2D eigenvalue weighted by Gasteiger charge is 2.28. The van der Waals surface area contributed by atoms with E-state index in [-0.39, 0.29) is 12.1 Å². The Morgan fingerprint density at radius 3 is 3.06 bits per heavy atom. The number of anilines is 1. The van der Waals surface area contributed by atoms with E-state index in [1.807, 2.05) is 6.92 Å². The minimum absolute atomic E-state index is 0.0630. The van der Waals surface area contributed by atoms with Crippen molar-refractivity contribution in [2.75, 3.05) is 25.5 Å². The number of nitrogens with zero attached hydrogens (tertiary/aromatic N) is 1. The highest BCUT2D eigenvalue weighted by molar-refractivity contribution is 5.99. The Labute approximate surface area is 106 Å². The first-order chi connectivity index (χ1) is 8.63. The molecule has 0 aliphatic carbocycles. The third kappa shape index (κ3) is 2.44. The van der Waals surface area contributed by atoms with Crippen molar-refractivity contribution in [2.45, 2.75) is 19.1 Å². The third-order valence-electron chi connectivity index (χ3n) is 3.19. The van der Waals surface area contributed by atoms with Gasteiger partial charge in [0.15, 0.2) is 0 Å². The number of pyridine rings is 1. The normalized spacial score (nSPS) is 23.0. The van der Waals surface area contributed by atoms with E-state index in [4.69, 9.17) is 10.5 Å². The number of methoxy groups -OCH3 is 1. The van der Waals surface area contributed by atoms with Gasteiger partial charge in [-0.2, -0.15) is 0 Å². The molecule has 1 aromatic heterocycles. The summed E-state index contributed by atoms with van der Waals surface area (Å²) in [7, 11) is 1.67. The summed E-state index contributed by atoms with van der Waals surface area (Å²) in [5.41, 5.74) is 6.65. The number of nitrogens with one attached hydrogen (secondary N) is 2. The zero-order chi connectivity index (χ0) is 13.1. The molecule has 0 aromatic carbocycles. The van der Waals surface area contributed by atoms with Crippen LogP contribution in [0.15, 0.2) is 12.3 Å². The molecule has 0 spiro atoms. The van der Waals surface area contributed by atoms with Crippen molar-refractivity contribution in [2.24, 2.45) is 5.73 Å². The van der Waals surface area contributed by atoms with Gasteiger partial charge in [0.2, 0.25) is 0 Å². The van der Waals surface area contributed by atoms with Crippen molar-refractivity contribution >= 4 is 11.7 Å². The van der Waals surface area contributed by atoms with Gasteiger partial charge < -0.3 is 21.1 Å². The maximum Gasteiger partial charge on any atom is 0.252 e. The van der Waals surface area contributed by atoms with Crippen LogP contribution in [0.4, 0.5) is 5.82 Å². The van der Waals surface area contributed by atoms with Crippen molar-refractivity contribution in [1.29, 1.82) is 0 Å². The van der Waals surface area contributed by atoms with Crippen molar-refractivity contribution in [3.63, 3.8) is 0 Å². The van der Waals surface area contributed by atoms with Crippen molar-refractivity contribution in [3.8, 4) is 0 Å². The fourth-order valence-electron chi connectivity index (χ4n) is 2.20. The summed E-state index contributed by atoms with van der Waals surface area (Å²) in [6.45, 7) is 3.39. The number of primary amides is 1. The molecule has 1 aromatic rings. The molecule has 1 aliphatic heterocycles. The Hall–Kier alpha value is -1.66. The summed E-state index contributed by atoms with van der Waals surface area (Å²) in [6, 6.07) is 1.86. The van der Waals surface area contributed by atoms with E-state index in [1.165, 1.54) is 0 Å². The molecule has 1 aliphatic rings. The summed E-state index contributed by atoms with van der Waals surface area (Å²) in [5.74, 6) is 0.0567.